The van der Waals surface area contributed by atoms with Crippen LogP contribution in [0.25, 0.3) is 11.1 Å². The lowest BCUT2D eigenvalue weighted by molar-refractivity contribution is -0.137. The van der Waals surface area contributed by atoms with Gasteiger partial charge in [0, 0.05) is 7.11 Å². The molecule has 1 nitrogen and oxygen atoms in total. The summed E-state index contributed by atoms with van der Waals surface area (Å²) in [4.78, 5) is 0. The summed E-state index contributed by atoms with van der Waals surface area (Å²) in [5.41, 5.74) is 2.03. The maximum absolute atomic E-state index is 13.6. The van der Waals surface area contributed by atoms with E-state index in [4.69, 9.17) is 4.74 Å². The molecule has 4 heteroatoms. The van der Waals surface area contributed by atoms with Crippen molar-refractivity contribution in [3.8, 4) is 11.1 Å². The summed E-state index contributed by atoms with van der Waals surface area (Å²) in [6.07, 6.45) is 5.81. The first-order chi connectivity index (χ1) is 14.4. The van der Waals surface area contributed by atoms with Gasteiger partial charge in [-0.3, -0.25) is 0 Å². The van der Waals surface area contributed by atoms with Gasteiger partial charge in [-0.15, -0.1) is 0 Å². The van der Waals surface area contributed by atoms with Crippen molar-refractivity contribution in [3.05, 3.63) is 59.2 Å². The number of rotatable bonds is 8. The second kappa shape index (κ2) is 10.5. The fraction of sp³-hybridized carbons (Fsp3) is 0.538. The van der Waals surface area contributed by atoms with Crippen LogP contribution in [0.3, 0.4) is 0 Å². The Labute approximate surface area is 178 Å². The Balaban J connectivity index is 1.71. The van der Waals surface area contributed by atoms with Gasteiger partial charge >= 0.3 is 6.18 Å². The van der Waals surface area contributed by atoms with E-state index in [1.165, 1.54) is 70.1 Å². The van der Waals surface area contributed by atoms with Gasteiger partial charge in [-0.25, -0.2) is 0 Å². The van der Waals surface area contributed by atoms with Gasteiger partial charge in [-0.2, -0.15) is 13.2 Å². The van der Waals surface area contributed by atoms with Crippen molar-refractivity contribution in [2.75, 3.05) is 7.11 Å². The van der Waals surface area contributed by atoms with Crippen LogP contribution < -0.4 is 0 Å². The minimum absolute atomic E-state index is 0.170. The molecule has 0 heterocycles. The molecule has 30 heavy (non-hydrogen) atoms. The first-order valence-electron chi connectivity index (χ1n) is 11.2. The lowest BCUT2D eigenvalue weighted by Gasteiger charge is -2.29. The van der Waals surface area contributed by atoms with Crippen LogP contribution in [0.5, 0.6) is 0 Å². The van der Waals surface area contributed by atoms with E-state index >= 15 is 0 Å². The van der Waals surface area contributed by atoms with Crippen molar-refractivity contribution in [1.29, 1.82) is 0 Å². The van der Waals surface area contributed by atoms with Crippen LogP contribution in [0.1, 0.15) is 80.9 Å². The number of benzene rings is 2. The molecule has 164 valence electrons. The molecule has 1 aliphatic carbocycles. The molecule has 2 aromatic carbocycles. The first kappa shape index (κ1) is 22.9. The predicted octanol–water partition coefficient (Wildman–Crippen LogP) is 8.37. The topological polar surface area (TPSA) is 9.23 Å². The van der Waals surface area contributed by atoms with Crippen LogP contribution in [0.2, 0.25) is 0 Å². The number of hydrogen-bond donors (Lipinski definition) is 0. The molecule has 0 atom stereocenters. The summed E-state index contributed by atoms with van der Waals surface area (Å²) in [5.74, 6) is 1.39. The number of halogens is 3. The fourth-order valence-corrected chi connectivity index (χ4v) is 4.74. The van der Waals surface area contributed by atoms with Crippen molar-refractivity contribution < 1.29 is 17.9 Å². The van der Waals surface area contributed by atoms with Crippen molar-refractivity contribution in [1.82, 2.24) is 0 Å². The van der Waals surface area contributed by atoms with Crippen molar-refractivity contribution in [2.45, 2.75) is 77.0 Å². The Morgan fingerprint density at radius 1 is 0.933 bits per heavy atom. The van der Waals surface area contributed by atoms with Gasteiger partial charge in [0.2, 0.25) is 0 Å². The lowest BCUT2D eigenvalue weighted by atomic mass is 9.77. The Bertz CT molecular complexity index is 787. The highest BCUT2D eigenvalue weighted by Gasteiger charge is 2.34. The van der Waals surface area contributed by atoms with E-state index in [9.17, 15) is 13.2 Å². The molecule has 0 spiro atoms. The van der Waals surface area contributed by atoms with Gasteiger partial charge in [0.05, 0.1) is 12.2 Å². The monoisotopic (exact) mass is 418 g/mol. The highest BCUT2D eigenvalue weighted by molar-refractivity contribution is 5.69. The normalized spacial score (nSPS) is 19.8. The van der Waals surface area contributed by atoms with E-state index in [1.54, 1.807) is 12.1 Å². The van der Waals surface area contributed by atoms with Gasteiger partial charge in [0.15, 0.2) is 0 Å². The minimum Gasteiger partial charge on any atom is -0.380 e. The zero-order valence-electron chi connectivity index (χ0n) is 18.1. The number of ether oxygens (including phenoxy) is 1. The van der Waals surface area contributed by atoms with E-state index in [0.29, 0.717) is 17.0 Å². The van der Waals surface area contributed by atoms with Crippen LogP contribution in [-0.2, 0) is 17.5 Å². The van der Waals surface area contributed by atoms with Crippen molar-refractivity contribution in [3.63, 3.8) is 0 Å². The van der Waals surface area contributed by atoms with Crippen molar-refractivity contribution >= 4 is 0 Å². The molecule has 1 saturated carbocycles. The summed E-state index contributed by atoms with van der Waals surface area (Å²) >= 11 is 0. The molecule has 0 aliphatic heterocycles. The maximum atomic E-state index is 13.6. The molecule has 0 amide bonds. The molecule has 1 fully saturated rings. The number of methoxy groups -OCH3 is 1. The molecular formula is C26H33F3O. The highest BCUT2D eigenvalue weighted by atomic mass is 19.4. The fourth-order valence-electron chi connectivity index (χ4n) is 4.74. The zero-order valence-corrected chi connectivity index (χ0v) is 18.1. The Hall–Kier alpha value is -1.81. The van der Waals surface area contributed by atoms with Gasteiger partial charge in [0.25, 0.3) is 0 Å². The average molecular weight is 419 g/mol. The third kappa shape index (κ3) is 5.87. The lowest BCUT2D eigenvalue weighted by Crippen LogP contribution is -2.13. The van der Waals surface area contributed by atoms with E-state index in [1.807, 2.05) is 24.3 Å². The smallest absolute Gasteiger partial charge is 0.380 e. The zero-order chi connectivity index (χ0) is 21.6. The van der Waals surface area contributed by atoms with E-state index < -0.39 is 11.7 Å². The first-order valence-corrected chi connectivity index (χ1v) is 11.2. The molecule has 0 aromatic heterocycles. The third-order valence-corrected chi connectivity index (χ3v) is 6.46. The average Bonchev–Trinajstić information content (AvgIpc) is 2.74. The van der Waals surface area contributed by atoms with Gasteiger partial charge in [-0.1, -0.05) is 69.0 Å². The van der Waals surface area contributed by atoms with Crippen LogP contribution >= 0.6 is 0 Å². The van der Waals surface area contributed by atoms with E-state index in [0.717, 1.165) is 5.92 Å². The molecule has 0 N–H and O–H groups in total. The number of alkyl halides is 3. The molecule has 0 radical (unpaired) electrons. The number of hydrogen-bond acceptors (Lipinski definition) is 1. The highest BCUT2D eigenvalue weighted by Crippen LogP contribution is 2.40. The maximum Gasteiger partial charge on any atom is 0.417 e. The molecular weight excluding hydrogens is 385 g/mol. The quantitative estimate of drug-likeness (QED) is 0.391. The summed E-state index contributed by atoms with van der Waals surface area (Å²) in [7, 11) is 1.48. The van der Waals surface area contributed by atoms with E-state index in [2.05, 4.69) is 6.92 Å². The SMILES string of the molecule is CCCCCC1CCC(c2ccc(-c3ccc(COC)cc3C(F)(F)F)cc2)CC1. The van der Waals surface area contributed by atoms with Gasteiger partial charge in [-0.05, 0) is 65.8 Å². The summed E-state index contributed by atoms with van der Waals surface area (Å²) in [5, 5.41) is 0. The largest absolute Gasteiger partial charge is 0.417 e. The van der Waals surface area contributed by atoms with Gasteiger partial charge in [0.1, 0.15) is 0 Å². The molecule has 0 unspecified atom stereocenters. The minimum atomic E-state index is -4.39. The Morgan fingerprint density at radius 2 is 1.63 bits per heavy atom. The van der Waals surface area contributed by atoms with Crippen LogP contribution in [0.4, 0.5) is 13.2 Å². The van der Waals surface area contributed by atoms with Crippen LogP contribution in [-0.4, -0.2) is 7.11 Å². The van der Waals surface area contributed by atoms with E-state index in [-0.39, 0.29) is 12.2 Å². The predicted molar refractivity (Wildman–Crippen MR) is 116 cm³/mol. The Morgan fingerprint density at radius 3 is 2.23 bits per heavy atom. The second-order valence-electron chi connectivity index (χ2n) is 8.65. The summed E-state index contributed by atoms with van der Waals surface area (Å²) in [6, 6.07) is 12.2. The summed E-state index contributed by atoms with van der Waals surface area (Å²) < 4.78 is 45.9. The summed E-state index contributed by atoms with van der Waals surface area (Å²) in [6.45, 7) is 2.41. The van der Waals surface area contributed by atoms with Crippen LogP contribution in [0, 0.1) is 5.92 Å². The molecule has 3 rings (SSSR count). The number of unbranched alkanes of at least 4 members (excludes halogenated alkanes) is 2. The van der Waals surface area contributed by atoms with Gasteiger partial charge < -0.3 is 4.74 Å². The molecule has 0 saturated heterocycles. The Kier molecular flexibility index (Phi) is 7.99. The molecule has 1 aliphatic rings. The molecule has 0 bridgehead atoms. The molecule has 2 aromatic rings. The third-order valence-electron chi connectivity index (χ3n) is 6.46. The second-order valence-corrected chi connectivity index (χ2v) is 8.65. The van der Waals surface area contributed by atoms with Crippen LogP contribution in [0.15, 0.2) is 42.5 Å². The standard InChI is InChI=1S/C26H33F3O/c1-3-4-5-6-19-7-10-21(11-8-19)22-12-14-23(15-13-22)24-16-9-20(18-30-2)17-25(24)26(27,28)29/h9,12-17,19,21H,3-8,10-11,18H2,1-2H3. The van der Waals surface area contributed by atoms with Crippen molar-refractivity contribution in [2.24, 2.45) is 5.92 Å².